The van der Waals surface area contributed by atoms with Crippen LogP contribution in [0.2, 0.25) is 0 Å². The highest BCUT2D eigenvalue weighted by Crippen LogP contribution is 2.58. The molecule has 43 heavy (non-hydrogen) atoms. The monoisotopic (exact) mass is 662 g/mol. The maximum atomic E-state index is 14.2. The van der Waals surface area contributed by atoms with E-state index in [0.717, 1.165) is 55.5 Å². The van der Waals surface area contributed by atoms with Gasteiger partial charge in [0, 0.05) is 25.6 Å². The highest BCUT2D eigenvalue weighted by atomic mass is 32.2. The summed E-state index contributed by atoms with van der Waals surface area (Å²) in [6, 6.07) is 18.7. The third-order valence-electron chi connectivity index (χ3n) is 6.96. The van der Waals surface area contributed by atoms with Crippen LogP contribution in [0.4, 0.5) is 5.69 Å². The van der Waals surface area contributed by atoms with Gasteiger partial charge in [0.25, 0.3) is 10.3 Å². The first-order valence-electron chi connectivity index (χ1n) is 13.6. The Bertz CT molecular complexity index is 1610. The minimum atomic E-state index is -4.23. The van der Waals surface area contributed by atoms with Gasteiger partial charge in [-0.3, -0.25) is 9.69 Å². The van der Waals surface area contributed by atoms with Gasteiger partial charge in [0.1, 0.15) is 4.91 Å². The fraction of sp³-hybridized carbons (Fsp3) is 0.367. The molecule has 3 aromatic carbocycles. The highest BCUT2D eigenvalue weighted by molar-refractivity contribution is 8.21. The molecule has 2 aliphatic heterocycles. The number of benzene rings is 3. The van der Waals surface area contributed by atoms with Gasteiger partial charge in [-0.2, -0.15) is 8.42 Å². The summed E-state index contributed by atoms with van der Waals surface area (Å²) < 4.78 is 47.7. The van der Waals surface area contributed by atoms with Gasteiger partial charge in [-0.15, -0.1) is 0 Å². The molecule has 1 amide bonds. The van der Waals surface area contributed by atoms with Crippen LogP contribution < -0.4 is 4.90 Å². The summed E-state index contributed by atoms with van der Waals surface area (Å²) in [4.78, 5) is 19.1. The Hall–Kier alpha value is -2.23. The minimum absolute atomic E-state index is 0.0244. The number of amides is 1. The van der Waals surface area contributed by atoms with Gasteiger partial charge < -0.3 is 19.1 Å². The average Bonchev–Trinajstić information content (AvgIpc) is 3.48. The Morgan fingerprint density at radius 2 is 1.63 bits per heavy atom. The second-order valence-corrected chi connectivity index (χ2v) is 14.7. The molecule has 0 saturated carbocycles. The number of thioether (sulfide) groups is 3. The number of rotatable bonds is 13. The van der Waals surface area contributed by atoms with E-state index in [2.05, 4.69) is 18.2 Å². The number of methoxy groups -OCH3 is 1. The Labute approximate surface area is 265 Å². The number of nitrogens with zero attached hydrogens (tertiary/aromatic N) is 2. The SMILES string of the molecule is COCCOCCOCCN1C(=O)C(=C2Sc3c(ccc4ccccc34)N2C)SC1(OS(=O)(=O)c1ccc(C)cc1)SC. The Morgan fingerprint density at radius 1 is 0.930 bits per heavy atom. The van der Waals surface area contributed by atoms with Crippen molar-refractivity contribution in [2.75, 3.05) is 64.9 Å². The third-order valence-corrected chi connectivity index (χ3v) is 12.6. The van der Waals surface area contributed by atoms with E-state index in [4.69, 9.17) is 18.4 Å². The maximum Gasteiger partial charge on any atom is 0.300 e. The maximum absolute atomic E-state index is 14.2. The minimum Gasteiger partial charge on any atom is -0.382 e. The fourth-order valence-electron chi connectivity index (χ4n) is 4.68. The van der Waals surface area contributed by atoms with Crippen LogP contribution in [0.3, 0.4) is 0 Å². The van der Waals surface area contributed by atoms with Crippen molar-refractivity contribution in [3.63, 3.8) is 0 Å². The summed E-state index contributed by atoms with van der Waals surface area (Å²) >= 11 is 3.78. The molecule has 0 aromatic heterocycles. The second kappa shape index (κ2) is 13.8. The van der Waals surface area contributed by atoms with Crippen LogP contribution in [0.5, 0.6) is 0 Å². The van der Waals surface area contributed by atoms with Crippen molar-refractivity contribution in [3.8, 4) is 0 Å². The van der Waals surface area contributed by atoms with Crippen molar-refractivity contribution in [1.29, 1.82) is 0 Å². The second-order valence-electron chi connectivity index (χ2n) is 9.79. The van der Waals surface area contributed by atoms with E-state index in [1.54, 1.807) is 25.5 Å². The molecule has 1 fully saturated rings. The summed E-state index contributed by atoms with van der Waals surface area (Å²) in [5.41, 5.74) is 1.91. The summed E-state index contributed by atoms with van der Waals surface area (Å²) in [5, 5.41) is 2.93. The quantitative estimate of drug-likeness (QED) is 0.101. The Morgan fingerprint density at radius 3 is 2.35 bits per heavy atom. The van der Waals surface area contributed by atoms with E-state index in [9.17, 15) is 13.2 Å². The van der Waals surface area contributed by atoms with Crippen molar-refractivity contribution < 1.29 is 31.6 Å². The van der Waals surface area contributed by atoms with E-state index >= 15 is 0 Å². The molecule has 0 spiro atoms. The normalized spacial score (nSPS) is 20.4. The fourth-order valence-corrected chi connectivity index (χ4v) is 9.97. The summed E-state index contributed by atoms with van der Waals surface area (Å²) in [7, 11) is -0.702. The van der Waals surface area contributed by atoms with E-state index in [1.807, 2.05) is 37.1 Å². The van der Waals surface area contributed by atoms with Crippen molar-refractivity contribution in [2.24, 2.45) is 0 Å². The van der Waals surface area contributed by atoms with Crippen LogP contribution in [-0.4, -0.2) is 83.6 Å². The molecule has 2 aliphatic rings. The lowest BCUT2D eigenvalue weighted by Crippen LogP contribution is -2.46. The standard InChI is InChI=1S/C30H34N2O7S4/c1-21-9-12-23(13-10-21)43(34,35)39-30(40-4)32(15-16-37-19-20-38-18-17-36-3)28(33)27(42-30)29-31(2)25-14-11-22-7-5-6-8-24(22)26(25)41-29/h5-14H,15-20H2,1-4H3. The molecule has 9 nitrogen and oxygen atoms in total. The molecule has 2 heterocycles. The molecule has 0 radical (unpaired) electrons. The van der Waals surface area contributed by atoms with Crippen LogP contribution in [0, 0.1) is 6.92 Å². The number of fused-ring (bicyclic) bond motifs is 3. The molecule has 1 saturated heterocycles. The van der Waals surface area contributed by atoms with E-state index in [1.165, 1.54) is 28.8 Å². The van der Waals surface area contributed by atoms with E-state index < -0.39 is 14.5 Å². The molecule has 0 aliphatic carbocycles. The zero-order valence-electron chi connectivity index (χ0n) is 24.4. The summed E-state index contributed by atoms with van der Waals surface area (Å²) in [6.07, 6.45) is 1.74. The molecular weight excluding hydrogens is 629 g/mol. The van der Waals surface area contributed by atoms with Gasteiger partial charge in [0.05, 0.1) is 48.6 Å². The lowest BCUT2D eigenvalue weighted by Gasteiger charge is -2.33. The van der Waals surface area contributed by atoms with Crippen molar-refractivity contribution in [3.05, 3.63) is 76.2 Å². The molecule has 1 unspecified atom stereocenters. The lowest BCUT2D eigenvalue weighted by atomic mass is 10.1. The van der Waals surface area contributed by atoms with Crippen LogP contribution in [0.15, 0.2) is 80.4 Å². The number of carbonyl (C=O) groups is 1. The van der Waals surface area contributed by atoms with Crippen LogP contribution in [-0.2, 0) is 33.3 Å². The number of anilines is 1. The van der Waals surface area contributed by atoms with E-state index in [0.29, 0.717) is 31.3 Å². The molecule has 0 N–H and O–H groups in total. The molecule has 1 atom stereocenters. The van der Waals surface area contributed by atoms with Crippen LogP contribution >= 0.6 is 35.3 Å². The smallest absolute Gasteiger partial charge is 0.300 e. The molecule has 5 rings (SSSR count). The van der Waals surface area contributed by atoms with Gasteiger partial charge in [-0.1, -0.05) is 71.6 Å². The topological polar surface area (TPSA) is 94.6 Å². The zero-order valence-corrected chi connectivity index (χ0v) is 27.7. The van der Waals surface area contributed by atoms with Crippen molar-refractivity contribution in [2.45, 2.75) is 21.1 Å². The van der Waals surface area contributed by atoms with Gasteiger partial charge in [-0.25, -0.2) is 4.18 Å². The lowest BCUT2D eigenvalue weighted by molar-refractivity contribution is -0.131. The highest BCUT2D eigenvalue weighted by Gasteiger charge is 2.55. The first-order chi connectivity index (χ1) is 20.7. The summed E-state index contributed by atoms with van der Waals surface area (Å²) in [6.45, 7) is 3.82. The van der Waals surface area contributed by atoms with Crippen molar-refractivity contribution >= 4 is 67.8 Å². The summed E-state index contributed by atoms with van der Waals surface area (Å²) in [5.74, 6) is -0.315. The molecular formula is C30H34N2O7S4. The van der Waals surface area contributed by atoms with Crippen LogP contribution in [0.25, 0.3) is 10.8 Å². The molecule has 0 bridgehead atoms. The average molecular weight is 663 g/mol. The molecule has 3 aromatic rings. The molecule has 13 heteroatoms. The number of ether oxygens (including phenoxy) is 3. The first-order valence-corrected chi connectivity index (χ1v) is 17.9. The Balaban J connectivity index is 1.45. The number of carbonyl (C=O) groups excluding carboxylic acids is 1. The number of hydrogen-bond acceptors (Lipinski definition) is 11. The van der Waals surface area contributed by atoms with Crippen molar-refractivity contribution in [1.82, 2.24) is 4.90 Å². The number of aryl methyl sites for hydroxylation is 1. The van der Waals surface area contributed by atoms with E-state index in [-0.39, 0.29) is 24.0 Å². The molecule has 230 valence electrons. The Kier molecular flexibility index (Phi) is 10.3. The largest absolute Gasteiger partial charge is 0.382 e. The third kappa shape index (κ3) is 6.74. The van der Waals surface area contributed by atoms with Gasteiger partial charge in [-0.05, 0) is 53.9 Å². The van der Waals surface area contributed by atoms with Gasteiger partial charge in [0.15, 0.2) is 0 Å². The predicted molar refractivity (Wildman–Crippen MR) is 174 cm³/mol. The predicted octanol–water partition coefficient (Wildman–Crippen LogP) is 5.49. The van der Waals surface area contributed by atoms with Gasteiger partial charge in [0.2, 0.25) is 0 Å². The van der Waals surface area contributed by atoms with Gasteiger partial charge >= 0.3 is 10.1 Å². The zero-order chi connectivity index (χ0) is 30.6. The number of hydrogen-bond donors (Lipinski definition) is 0. The van der Waals surface area contributed by atoms with Crippen LogP contribution in [0.1, 0.15) is 5.56 Å². The first kappa shape index (κ1) is 32.2.